The summed E-state index contributed by atoms with van der Waals surface area (Å²) in [5.41, 5.74) is 1.43. The maximum atomic E-state index is 9.54. The SMILES string of the molecule is Oc1ccccc1/C=N/Cc1ccccc1O. The molecule has 0 saturated carbocycles. The number of benzene rings is 2. The average molecular weight is 227 g/mol. The maximum absolute atomic E-state index is 9.54. The second kappa shape index (κ2) is 5.16. The molecule has 2 N–H and O–H groups in total. The molecule has 2 aromatic carbocycles. The molecule has 0 amide bonds. The van der Waals surface area contributed by atoms with E-state index in [-0.39, 0.29) is 11.5 Å². The van der Waals surface area contributed by atoms with Crippen molar-refractivity contribution in [1.82, 2.24) is 0 Å². The van der Waals surface area contributed by atoms with E-state index in [0.29, 0.717) is 12.1 Å². The van der Waals surface area contributed by atoms with Gasteiger partial charge in [0, 0.05) is 17.3 Å². The lowest BCUT2D eigenvalue weighted by Gasteiger charge is -2.00. The molecular formula is C14H13NO2. The molecule has 0 atom stereocenters. The summed E-state index contributed by atoms with van der Waals surface area (Å²) in [4.78, 5) is 4.19. The van der Waals surface area contributed by atoms with E-state index in [1.54, 1.807) is 36.5 Å². The number of aromatic hydroxyl groups is 2. The molecule has 2 rings (SSSR count). The fourth-order valence-corrected chi connectivity index (χ4v) is 1.48. The molecule has 0 unspecified atom stereocenters. The second-order valence-electron chi connectivity index (χ2n) is 3.66. The molecule has 17 heavy (non-hydrogen) atoms. The Labute approximate surface area is 99.7 Å². The third-order valence-electron chi connectivity index (χ3n) is 2.42. The van der Waals surface area contributed by atoms with E-state index < -0.39 is 0 Å². The van der Waals surface area contributed by atoms with E-state index in [1.807, 2.05) is 18.2 Å². The number of rotatable bonds is 3. The van der Waals surface area contributed by atoms with E-state index in [0.717, 1.165) is 5.56 Å². The second-order valence-corrected chi connectivity index (χ2v) is 3.66. The van der Waals surface area contributed by atoms with Crippen molar-refractivity contribution in [3.63, 3.8) is 0 Å². The van der Waals surface area contributed by atoms with Crippen LogP contribution in [0.4, 0.5) is 0 Å². The third-order valence-corrected chi connectivity index (χ3v) is 2.42. The zero-order valence-electron chi connectivity index (χ0n) is 9.24. The van der Waals surface area contributed by atoms with E-state index in [2.05, 4.69) is 4.99 Å². The minimum Gasteiger partial charge on any atom is -0.508 e. The van der Waals surface area contributed by atoms with Gasteiger partial charge in [0.25, 0.3) is 0 Å². The number of para-hydroxylation sites is 2. The molecule has 3 nitrogen and oxygen atoms in total. The van der Waals surface area contributed by atoms with Gasteiger partial charge in [0.15, 0.2) is 0 Å². The highest BCUT2D eigenvalue weighted by atomic mass is 16.3. The van der Waals surface area contributed by atoms with Crippen LogP contribution in [-0.2, 0) is 6.54 Å². The number of hydrogen-bond donors (Lipinski definition) is 2. The number of hydrogen-bond acceptors (Lipinski definition) is 3. The number of nitrogens with zero attached hydrogens (tertiary/aromatic N) is 1. The topological polar surface area (TPSA) is 52.8 Å². The Balaban J connectivity index is 2.09. The van der Waals surface area contributed by atoms with Gasteiger partial charge in [-0.3, -0.25) is 4.99 Å². The summed E-state index contributed by atoms with van der Waals surface area (Å²) >= 11 is 0. The molecule has 0 spiro atoms. The quantitative estimate of drug-likeness (QED) is 0.792. The third kappa shape index (κ3) is 2.84. The Morgan fingerprint density at radius 3 is 2.24 bits per heavy atom. The molecule has 0 aliphatic heterocycles. The highest BCUT2D eigenvalue weighted by Gasteiger charge is 1.98. The summed E-state index contributed by atoms with van der Waals surface area (Å²) in [6, 6.07) is 14.1. The Morgan fingerprint density at radius 2 is 1.53 bits per heavy atom. The smallest absolute Gasteiger partial charge is 0.124 e. The molecule has 0 aromatic heterocycles. The van der Waals surface area contributed by atoms with Crippen molar-refractivity contribution < 1.29 is 10.2 Å². The minimum atomic E-state index is 0.202. The number of phenols is 2. The van der Waals surface area contributed by atoms with Gasteiger partial charge >= 0.3 is 0 Å². The van der Waals surface area contributed by atoms with E-state index in [9.17, 15) is 10.2 Å². The van der Waals surface area contributed by atoms with Crippen molar-refractivity contribution in [2.75, 3.05) is 0 Å². The zero-order chi connectivity index (χ0) is 12.1. The monoisotopic (exact) mass is 227 g/mol. The molecule has 0 aliphatic rings. The van der Waals surface area contributed by atoms with Gasteiger partial charge in [-0.05, 0) is 18.2 Å². The van der Waals surface area contributed by atoms with Gasteiger partial charge in [0.2, 0.25) is 0 Å². The van der Waals surface area contributed by atoms with Crippen LogP contribution in [0.25, 0.3) is 0 Å². The van der Waals surface area contributed by atoms with Crippen LogP contribution in [0.2, 0.25) is 0 Å². The zero-order valence-corrected chi connectivity index (χ0v) is 9.24. The Bertz CT molecular complexity index is 535. The lowest BCUT2D eigenvalue weighted by molar-refractivity contribution is 0.468. The van der Waals surface area contributed by atoms with Gasteiger partial charge in [-0.25, -0.2) is 0 Å². The van der Waals surface area contributed by atoms with Gasteiger partial charge < -0.3 is 10.2 Å². The number of phenolic OH excluding ortho intramolecular Hbond substituents is 2. The minimum absolute atomic E-state index is 0.202. The molecule has 0 saturated heterocycles. The highest BCUT2D eigenvalue weighted by Crippen LogP contribution is 2.17. The van der Waals surface area contributed by atoms with Gasteiger partial charge in [0.1, 0.15) is 11.5 Å². The fraction of sp³-hybridized carbons (Fsp3) is 0.0714. The Morgan fingerprint density at radius 1 is 0.882 bits per heavy atom. The molecule has 0 fully saturated rings. The summed E-state index contributed by atoms with van der Waals surface area (Å²) in [6.45, 7) is 0.390. The summed E-state index contributed by atoms with van der Waals surface area (Å²) < 4.78 is 0. The first kappa shape index (κ1) is 11.2. The van der Waals surface area contributed by atoms with Crippen LogP contribution in [-0.4, -0.2) is 16.4 Å². The largest absolute Gasteiger partial charge is 0.508 e. The van der Waals surface area contributed by atoms with Crippen LogP contribution >= 0.6 is 0 Å². The van der Waals surface area contributed by atoms with Crippen molar-refractivity contribution in [2.45, 2.75) is 6.54 Å². The van der Waals surface area contributed by atoms with Crippen molar-refractivity contribution in [3.05, 3.63) is 59.7 Å². The van der Waals surface area contributed by atoms with Crippen molar-refractivity contribution in [2.24, 2.45) is 4.99 Å². The molecule has 0 aliphatic carbocycles. The van der Waals surface area contributed by atoms with Crippen LogP contribution in [0, 0.1) is 0 Å². The van der Waals surface area contributed by atoms with Gasteiger partial charge in [-0.15, -0.1) is 0 Å². The summed E-state index contributed by atoms with van der Waals surface area (Å²) in [5.74, 6) is 0.440. The fourth-order valence-electron chi connectivity index (χ4n) is 1.48. The standard InChI is InChI=1S/C14H13NO2/c16-13-7-3-1-5-11(13)9-15-10-12-6-2-4-8-14(12)17/h1-9,16-17H,10H2/b15-9+. The van der Waals surface area contributed by atoms with Crippen LogP contribution in [0.3, 0.4) is 0 Å². The van der Waals surface area contributed by atoms with Crippen LogP contribution in [0.5, 0.6) is 11.5 Å². The normalized spacial score (nSPS) is 10.8. The lowest BCUT2D eigenvalue weighted by Crippen LogP contribution is -1.85. The highest BCUT2D eigenvalue weighted by molar-refractivity contribution is 5.83. The summed E-state index contributed by atoms with van der Waals surface area (Å²) in [5, 5.41) is 19.1. The summed E-state index contributed by atoms with van der Waals surface area (Å²) in [7, 11) is 0. The van der Waals surface area contributed by atoms with Crippen LogP contribution < -0.4 is 0 Å². The van der Waals surface area contributed by atoms with E-state index in [1.165, 1.54) is 0 Å². The first-order chi connectivity index (χ1) is 8.27. The van der Waals surface area contributed by atoms with Crippen LogP contribution in [0.1, 0.15) is 11.1 Å². The maximum Gasteiger partial charge on any atom is 0.124 e. The van der Waals surface area contributed by atoms with Crippen molar-refractivity contribution in [1.29, 1.82) is 0 Å². The first-order valence-corrected chi connectivity index (χ1v) is 5.32. The Hall–Kier alpha value is -2.29. The molecule has 0 radical (unpaired) electrons. The van der Waals surface area contributed by atoms with Gasteiger partial charge in [0.05, 0.1) is 6.54 Å². The molecule has 0 bridgehead atoms. The average Bonchev–Trinajstić information content (AvgIpc) is 2.34. The summed E-state index contributed by atoms with van der Waals surface area (Å²) in [6.07, 6.45) is 1.60. The van der Waals surface area contributed by atoms with E-state index >= 15 is 0 Å². The van der Waals surface area contributed by atoms with Crippen LogP contribution in [0.15, 0.2) is 53.5 Å². The molecule has 2 aromatic rings. The van der Waals surface area contributed by atoms with Crippen molar-refractivity contribution in [3.8, 4) is 11.5 Å². The Kier molecular flexibility index (Phi) is 3.40. The van der Waals surface area contributed by atoms with Crippen molar-refractivity contribution >= 4 is 6.21 Å². The van der Waals surface area contributed by atoms with Gasteiger partial charge in [-0.2, -0.15) is 0 Å². The molecular weight excluding hydrogens is 214 g/mol. The first-order valence-electron chi connectivity index (χ1n) is 5.32. The van der Waals surface area contributed by atoms with E-state index in [4.69, 9.17) is 0 Å². The van der Waals surface area contributed by atoms with Gasteiger partial charge in [-0.1, -0.05) is 30.3 Å². The molecule has 86 valence electrons. The molecule has 0 heterocycles. The predicted molar refractivity (Wildman–Crippen MR) is 67.5 cm³/mol. The predicted octanol–water partition coefficient (Wildman–Crippen LogP) is 2.72. The lowest BCUT2D eigenvalue weighted by atomic mass is 10.2. The number of aliphatic imine (C=N–C) groups is 1. The molecule has 3 heteroatoms.